The zero-order chi connectivity index (χ0) is 26.6. The number of anilines is 1. The summed E-state index contributed by atoms with van der Waals surface area (Å²) in [4.78, 5) is 18.4. The highest BCUT2D eigenvalue weighted by molar-refractivity contribution is 5.93. The molecule has 0 aliphatic carbocycles. The molecule has 0 saturated heterocycles. The number of hydrogen-bond donors (Lipinski definition) is 1. The van der Waals surface area contributed by atoms with Crippen molar-refractivity contribution in [1.29, 1.82) is 0 Å². The third-order valence-corrected chi connectivity index (χ3v) is 5.62. The molecule has 0 unspecified atom stereocenters. The van der Waals surface area contributed by atoms with Gasteiger partial charge < -0.3 is 24.1 Å². The molecule has 0 bridgehead atoms. The monoisotopic (exact) mass is 517 g/mol. The van der Waals surface area contributed by atoms with E-state index in [2.05, 4.69) is 20.0 Å². The number of benzene rings is 2. The fourth-order valence-corrected chi connectivity index (χ4v) is 3.98. The number of rotatable bonds is 10. The summed E-state index contributed by atoms with van der Waals surface area (Å²) in [5, 5.41) is 8.78. The zero-order valence-electron chi connectivity index (χ0n) is 20.5. The van der Waals surface area contributed by atoms with Crippen molar-refractivity contribution >= 4 is 16.7 Å². The van der Waals surface area contributed by atoms with E-state index in [1.54, 1.807) is 37.6 Å². The predicted octanol–water partition coefficient (Wildman–Crippen LogP) is 4.55. The van der Waals surface area contributed by atoms with Gasteiger partial charge in [0.05, 0.1) is 31.1 Å². The molecule has 9 nitrogen and oxygen atoms in total. The van der Waals surface area contributed by atoms with Crippen LogP contribution in [0.5, 0.6) is 11.5 Å². The quantitative estimate of drug-likeness (QED) is 0.330. The van der Waals surface area contributed by atoms with Crippen molar-refractivity contribution < 1.29 is 27.4 Å². The first-order valence-corrected chi connectivity index (χ1v) is 11.5. The van der Waals surface area contributed by atoms with Crippen LogP contribution in [-0.4, -0.2) is 60.3 Å². The molecule has 4 aromatic rings. The Labute approximate surface area is 210 Å². The molecule has 37 heavy (non-hydrogen) atoms. The van der Waals surface area contributed by atoms with Gasteiger partial charge >= 0.3 is 6.36 Å². The molecule has 0 aliphatic rings. The van der Waals surface area contributed by atoms with Gasteiger partial charge in [-0.3, -0.25) is 4.79 Å². The van der Waals surface area contributed by atoms with E-state index < -0.39 is 12.1 Å². The minimum atomic E-state index is -4.86. The molecule has 2 heterocycles. The number of alkyl halides is 3. The minimum absolute atomic E-state index is 0.153. The Morgan fingerprint density at radius 3 is 2.57 bits per heavy atom. The van der Waals surface area contributed by atoms with Crippen LogP contribution >= 0.6 is 0 Å². The van der Waals surface area contributed by atoms with Crippen molar-refractivity contribution in [3.63, 3.8) is 0 Å². The molecular formula is C25H26F3N5O4. The summed E-state index contributed by atoms with van der Waals surface area (Å²) in [7, 11) is 2.96. The maximum Gasteiger partial charge on any atom is 0.573 e. The van der Waals surface area contributed by atoms with Crippen molar-refractivity contribution in [3.05, 3.63) is 58.9 Å². The Hall–Kier alpha value is -4.06. The number of ether oxygens (including phenoxy) is 3. The lowest BCUT2D eigenvalue weighted by molar-refractivity contribution is -0.274. The standard InChI is InChI=1S/C25H26F3N5O4/c1-4-8-32(9-10-35-2)23-14-22(34)20-7-5-6-19(24(20)29-23)21-15-33(31-30-21)16-11-17(36-3)13-18(12-16)37-25(26,27)28/h5-7,11-15H,4,8-10H2,1-3H3,(H,29,34). The molecule has 0 radical (unpaired) electrons. The SMILES string of the molecule is CCCN(CCOC)c1cc(=O)c2cccc(-c3cn(-c4cc(OC)cc(OC(F)(F)F)c4)nn3)c2[nH]1. The normalized spacial score (nSPS) is 11.6. The molecule has 0 atom stereocenters. The molecule has 2 aromatic carbocycles. The highest BCUT2D eigenvalue weighted by Crippen LogP contribution is 2.31. The molecule has 0 saturated carbocycles. The van der Waals surface area contributed by atoms with E-state index in [9.17, 15) is 18.0 Å². The minimum Gasteiger partial charge on any atom is -0.497 e. The van der Waals surface area contributed by atoms with Crippen molar-refractivity contribution in [3.8, 4) is 28.4 Å². The molecule has 0 fully saturated rings. The topological polar surface area (TPSA) is 94.5 Å². The van der Waals surface area contributed by atoms with Crippen LogP contribution in [0.3, 0.4) is 0 Å². The number of H-pyrrole nitrogens is 1. The summed E-state index contributed by atoms with van der Waals surface area (Å²) in [6.07, 6.45) is -2.43. The second kappa shape index (κ2) is 10.9. The van der Waals surface area contributed by atoms with E-state index in [4.69, 9.17) is 9.47 Å². The number of nitrogens with zero attached hydrogens (tertiary/aromatic N) is 4. The van der Waals surface area contributed by atoms with E-state index in [1.807, 2.05) is 11.8 Å². The maximum atomic E-state index is 13.0. The summed E-state index contributed by atoms with van der Waals surface area (Å²) >= 11 is 0. The zero-order valence-corrected chi connectivity index (χ0v) is 20.5. The van der Waals surface area contributed by atoms with Crippen LogP contribution in [0.4, 0.5) is 19.0 Å². The number of hydrogen-bond acceptors (Lipinski definition) is 7. The number of methoxy groups -OCH3 is 2. The smallest absolute Gasteiger partial charge is 0.497 e. The van der Waals surface area contributed by atoms with Gasteiger partial charge in [0.25, 0.3) is 0 Å². The fourth-order valence-electron chi connectivity index (χ4n) is 3.98. The molecule has 2 aromatic heterocycles. The van der Waals surface area contributed by atoms with E-state index in [-0.39, 0.29) is 16.9 Å². The first-order chi connectivity index (χ1) is 17.7. The van der Waals surface area contributed by atoms with Gasteiger partial charge in [-0.05, 0) is 12.5 Å². The predicted molar refractivity (Wildman–Crippen MR) is 133 cm³/mol. The molecule has 0 amide bonds. The summed E-state index contributed by atoms with van der Waals surface area (Å²) in [6.45, 7) is 3.87. The Kier molecular flexibility index (Phi) is 7.67. The van der Waals surface area contributed by atoms with Gasteiger partial charge in [0, 0.05) is 55.4 Å². The number of fused-ring (bicyclic) bond motifs is 1. The Morgan fingerprint density at radius 1 is 1.08 bits per heavy atom. The van der Waals surface area contributed by atoms with Crippen molar-refractivity contribution in [2.24, 2.45) is 0 Å². The van der Waals surface area contributed by atoms with Gasteiger partial charge in [0.1, 0.15) is 23.0 Å². The van der Waals surface area contributed by atoms with Gasteiger partial charge in [-0.25, -0.2) is 4.68 Å². The first kappa shape index (κ1) is 26.0. The second-order valence-corrected chi connectivity index (χ2v) is 8.19. The molecule has 12 heteroatoms. The Morgan fingerprint density at radius 2 is 1.86 bits per heavy atom. The van der Waals surface area contributed by atoms with Gasteiger partial charge in [-0.1, -0.05) is 24.3 Å². The molecule has 0 spiro atoms. The number of halogens is 3. The van der Waals surface area contributed by atoms with Gasteiger partial charge in [-0.2, -0.15) is 0 Å². The van der Waals surface area contributed by atoms with Crippen molar-refractivity contribution in [2.75, 3.05) is 38.8 Å². The lowest BCUT2D eigenvalue weighted by Crippen LogP contribution is -2.29. The molecule has 1 N–H and O–H groups in total. The number of aromatic nitrogens is 4. The van der Waals surface area contributed by atoms with E-state index in [1.165, 1.54) is 23.9 Å². The van der Waals surface area contributed by atoms with Gasteiger partial charge in [0.15, 0.2) is 5.43 Å². The average molecular weight is 518 g/mol. The van der Waals surface area contributed by atoms with Crippen LogP contribution < -0.4 is 19.8 Å². The maximum absolute atomic E-state index is 13.0. The van der Waals surface area contributed by atoms with Crippen LogP contribution in [0.1, 0.15) is 13.3 Å². The van der Waals surface area contributed by atoms with Crippen LogP contribution in [-0.2, 0) is 4.74 Å². The number of nitrogens with one attached hydrogen (secondary N) is 1. The third kappa shape index (κ3) is 6.02. The molecule has 196 valence electrons. The lowest BCUT2D eigenvalue weighted by atomic mass is 10.1. The molecular weight excluding hydrogens is 491 g/mol. The highest BCUT2D eigenvalue weighted by Gasteiger charge is 2.31. The summed E-state index contributed by atoms with van der Waals surface area (Å²) < 4.78 is 54.1. The second-order valence-electron chi connectivity index (χ2n) is 8.19. The number of para-hydroxylation sites is 1. The summed E-state index contributed by atoms with van der Waals surface area (Å²) in [5.41, 5.74) is 1.69. The molecule has 0 aliphatic heterocycles. The van der Waals surface area contributed by atoms with E-state index >= 15 is 0 Å². The highest BCUT2D eigenvalue weighted by atomic mass is 19.4. The van der Waals surface area contributed by atoms with Crippen LogP contribution in [0.2, 0.25) is 0 Å². The largest absolute Gasteiger partial charge is 0.573 e. The average Bonchev–Trinajstić information content (AvgIpc) is 3.35. The number of pyridine rings is 1. The van der Waals surface area contributed by atoms with E-state index in [0.29, 0.717) is 41.1 Å². The van der Waals surface area contributed by atoms with Crippen molar-refractivity contribution in [1.82, 2.24) is 20.0 Å². The molecule has 4 rings (SSSR count). The summed E-state index contributed by atoms with van der Waals surface area (Å²) in [6, 6.07) is 10.6. The van der Waals surface area contributed by atoms with Crippen molar-refractivity contribution in [2.45, 2.75) is 19.7 Å². The first-order valence-electron chi connectivity index (χ1n) is 11.5. The Balaban J connectivity index is 1.77. The van der Waals surface area contributed by atoms with E-state index in [0.717, 1.165) is 19.0 Å². The fraction of sp³-hybridized carbons (Fsp3) is 0.320. The van der Waals surface area contributed by atoms with Gasteiger partial charge in [-0.15, -0.1) is 18.3 Å². The Bertz CT molecular complexity index is 1430. The van der Waals surface area contributed by atoms with Gasteiger partial charge in [0.2, 0.25) is 0 Å². The van der Waals surface area contributed by atoms with Crippen LogP contribution in [0.25, 0.3) is 27.8 Å². The van der Waals surface area contributed by atoms with Crippen LogP contribution in [0, 0.1) is 0 Å². The third-order valence-electron chi connectivity index (χ3n) is 5.62. The number of aromatic amines is 1. The summed E-state index contributed by atoms with van der Waals surface area (Å²) in [5.74, 6) is 0.350. The van der Waals surface area contributed by atoms with Crippen LogP contribution in [0.15, 0.2) is 53.5 Å². The lowest BCUT2D eigenvalue weighted by Gasteiger charge is -2.24.